The highest BCUT2D eigenvalue weighted by atomic mass is 32.2. The summed E-state index contributed by atoms with van der Waals surface area (Å²) >= 11 is 0. The van der Waals surface area contributed by atoms with E-state index in [2.05, 4.69) is 0 Å². The summed E-state index contributed by atoms with van der Waals surface area (Å²) in [6.45, 7) is 0. The van der Waals surface area contributed by atoms with Crippen LogP contribution < -0.4 is 5.14 Å². The molecule has 1 aromatic carbocycles. The molecular weight excluding hydrogens is 355 g/mol. The maximum Gasteiger partial charge on any atom is 0.417 e. The van der Waals surface area contributed by atoms with E-state index in [9.17, 15) is 21.6 Å². The van der Waals surface area contributed by atoms with Crippen LogP contribution in [-0.4, -0.2) is 18.7 Å². The van der Waals surface area contributed by atoms with Gasteiger partial charge in [0.2, 0.25) is 10.0 Å². The Bertz CT molecular complexity index is 925. The van der Waals surface area contributed by atoms with Crippen molar-refractivity contribution >= 4 is 10.0 Å². The number of nitrogens with zero attached hydrogens (tertiary/aromatic N) is 2. The number of hydrogen-bond donors (Lipinski definition) is 1. The predicted molar refractivity (Wildman–Crippen MR) is 86.9 cm³/mol. The minimum atomic E-state index is -4.58. The van der Waals surface area contributed by atoms with E-state index in [1.807, 2.05) is 6.07 Å². The van der Waals surface area contributed by atoms with Gasteiger partial charge in [-0.1, -0.05) is 12.1 Å². The predicted octanol–water partition coefficient (Wildman–Crippen LogP) is 2.80. The Morgan fingerprint density at radius 2 is 1.92 bits per heavy atom. The molecule has 0 aliphatic heterocycles. The first-order valence-electron chi connectivity index (χ1n) is 7.29. The van der Waals surface area contributed by atoms with E-state index < -0.39 is 21.8 Å². The van der Waals surface area contributed by atoms with Crippen LogP contribution in [0.25, 0.3) is 11.3 Å². The van der Waals surface area contributed by atoms with Crippen molar-refractivity contribution in [2.45, 2.75) is 19.0 Å². The highest BCUT2D eigenvalue weighted by Gasteiger charge is 2.34. The van der Waals surface area contributed by atoms with Crippen LogP contribution in [0.2, 0.25) is 0 Å². The number of halogens is 3. The molecule has 0 aliphatic carbocycles. The summed E-state index contributed by atoms with van der Waals surface area (Å²) in [4.78, 5) is 0. The fourth-order valence-electron chi connectivity index (χ4n) is 2.58. The second kappa shape index (κ2) is 6.90. The lowest BCUT2D eigenvalue weighted by Gasteiger charge is -2.15. The number of sulfonamides is 1. The average Bonchev–Trinajstić information content (AvgIpc) is 2.86. The lowest BCUT2D eigenvalue weighted by molar-refractivity contribution is -0.137. The minimum absolute atomic E-state index is 0.0355. The van der Waals surface area contributed by atoms with Crippen molar-refractivity contribution in [1.82, 2.24) is 4.57 Å². The first kappa shape index (κ1) is 19.0. The lowest BCUT2D eigenvalue weighted by Crippen LogP contribution is -2.17. The van der Waals surface area contributed by atoms with Gasteiger partial charge in [-0.05, 0) is 36.6 Å². The fraction of sp³-hybridized carbons (Fsp3) is 0.312. The number of benzene rings is 1. The molecule has 0 bridgehead atoms. The molecule has 25 heavy (non-hydrogen) atoms. The monoisotopic (exact) mass is 371 g/mol. The third-order valence-electron chi connectivity index (χ3n) is 3.80. The third kappa shape index (κ3) is 4.61. The quantitative estimate of drug-likeness (QED) is 0.876. The molecule has 0 radical (unpaired) electrons. The molecular formula is C16H16F3N3O2S. The normalized spacial score (nSPS) is 12.2. The molecule has 0 amide bonds. The zero-order valence-corrected chi connectivity index (χ0v) is 14.2. The first-order valence-corrected chi connectivity index (χ1v) is 9.01. The molecule has 9 heteroatoms. The zero-order chi connectivity index (χ0) is 18.8. The number of hydrogen-bond acceptors (Lipinski definition) is 3. The molecule has 0 atom stereocenters. The smallest absolute Gasteiger partial charge is 0.335 e. The summed E-state index contributed by atoms with van der Waals surface area (Å²) in [6, 6.07) is 8.70. The van der Waals surface area contributed by atoms with Gasteiger partial charge in [-0.25, -0.2) is 13.6 Å². The third-order valence-corrected chi connectivity index (χ3v) is 4.65. The molecule has 0 saturated carbocycles. The number of alkyl halides is 3. The van der Waals surface area contributed by atoms with E-state index in [1.165, 1.54) is 35.9 Å². The molecule has 1 heterocycles. The van der Waals surface area contributed by atoms with Gasteiger partial charge in [-0.3, -0.25) is 0 Å². The van der Waals surface area contributed by atoms with E-state index in [4.69, 9.17) is 10.4 Å². The van der Waals surface area contributed by atoms with Crippen molar-refractivity contribution in [3.8, 4) is 17.3 Å². The van der Waals surface area contributed by atoms with Crippen LogP contribution in [0.1, 0.15) is 23.2 Å². The van der Waals surface area contributed by atoms with Crippen molar-refractivity contribution in [3.63, 3.8) is 0 Å². The molecule has 0 fully saturated rings. The highest BCUT2D eigenvalue weighted by Crippen LogP contribution is 2.38. The Hall–Kier alpha value is -2.31. The molecule has 2 aromatic rings. The SMILES string of the molecule is Cn1c(C#N)ccc1-c1ccc(CCCS(N)(=O)=O)cc1C(F)(F)F. The van der Waals surface area contributed by atoms with E-state index in [-0.39, 0.29) is 35.5 Å². The number of aryl methyl sites for hydroxylation is 1. The van der Waals surface area contributed by atoms with Gasteiger partial charge >= 0.3 is 6.18 Å². The molecule has 0 spiro atoms. The van der Waals surface area contributed by atoms with Gasteiger partial charge < -0.3 is 4.57 Å². The van der Waals surface area contributed by atoms with Crippen LogP contribution in [0.15, 0.2) is 30.3 Å². The maximum atomic E-state index is 13.5. The number of rotatable bonds is 5. The molecule has 0 aliphatic rings. The largest absolute Gasteiger partial charge is 0.417 e. The molecule has 2 N–H and O–H groups in total. The second-order valence-electron chi connectivity index (χ2n) is 5.62. The van der Waals surface area contributed by atoms with Crippen molar-refractivity contribution in [1.29, 1.82) is 5.26 Å². The molecule has 5 nitrogen and oxygen atoms in total. The van der Waals surface area contributed by atoms with Gasteiger partial charge in [0.15, 0.2) is 0 Å². The summed E-state index contributed by atoms with van der Waals surface area (Å²) in [6.07, 6.45) is -4.28. The van der Waals surface area contributed by atoms with E-state index in [0.717, 1.165) is 6.07 Å². The number of aromatic nitrogens is 1. The Morgan fingerprint density at radius 3 is 2.44 bits per heavy atom. The van der Waals surface area contributed by atoms with Crippen molar-refractivity contribution in [2.75, 3.05) is 5.75 Å². The molecule has 0 unspecified atom stereocenters. The van der Waals surface area contributed by atoms with Gasteiger partial charge in [-0.15, -0.1) is 0 Å². The molecule has 0 saturated heterocycles. The second-order valence-corrected chi connectivity index (χ2v) is 7.36. The van der Waals surface area contributed by atoms with Crippen molar-refractivity contribution in [2.24, 2.45) is 12.2 Å². The number of nitriles is 1. The average molecular weight is 371 g/mol. The topological polar surface area (TPSA) is 88.9 Å². The molecule has 1 aromatic heterocycles. The van der Waals surface area contributed by atoms with Crippen LogP contribution in [0.3, 0.4) is 0 Å². The van der Waals surface area contributed by atoms with Crippen molar-refractivity contribution < 1.29 is 21.6 Å². The Labute approximate surface area is 143 Å². The van der Waals surface area contributed by atoms with Crippen LogP contribution in [0.4, 0.5) is 13.2 Å². The van der Waals surface area contributed by atoms with Crippen LogP contribution in [0.5, 0.6) is 0 Å². The summed E-state index contributed by atoms with van der Waals surface area (Å²) in [5.41, 5.74) is 0.0350. The van der Waals surface area contributed by atoms with Crippen LogP contribution in [0, 0.1) is 11.3 Å². The highest BCUT2D eigenvalue weighted by molar-refractivity contribution is 7.89. The molecule has 134 valence electrons. The van der Waals surface area contributed by atoms with E-state index in [1.54, 1.807) is 0 Å². The Morgan fingerprint density at radius 1 is 1.24 bits per heavy atom. The van der Waals surface area contributed by atoms with Crippen LogP contribution >= 0.6 is 0 Å². The van der Waals surface area contributed by atoms with Gasteiger partial charge in [-0.2, -0.15) is 18.4 Å². The number of primary sulfonamides is 1. The van der Waals surface area contributed by atoms with Crippen molar-refractivity contribution in [3.05, 3.63) is 47.2 Å². The Kier molecular flexibility index (Phi) is 5.25. The Balaban J connectivity index is 2.41. The lowest BCUT2D eigenvalue weighted by atomic mass is 9.99. The summed E-state index contributed by atoms with van der Waals surface area (Å²) < 4.78 is 63.6. The van der Waals surface area contributed by atoms with Gasteiger partial charge in [0.25, 0.3) is 0 Å². The standard InChI is InChI=1S/C16H16F3N3O2S/c1-22-12(10-20)5-7-15(22)13-6-4-11(3-2-8-25(21,23)24)9-14(13)16(17,18)19/h4-7,9H,2-3,8H2,1H3,(H2,21,23,24). The molecule has 2 rings (SSSR count). The number of nitrogens with two attached hydrogens (primary N) is 1. The summed E-state index contributed by atoms with van der Waals surface area (Å²) in [5.74, 6) is -0.292. The van der Waals surface area contributed by atoms with Gasteiger partial charge in [0, 0.05) is 18.3 Å². The zero-order valence-electron chi connectivity index (χ0n) is 13.3. The minimum Gasteiger partial charge on any atom is -0.335 e. The fourth-order valence-corrected chi connectivity index (χ4v) is 3.12. The van der Waals surface area contributed by atoms with E-state index >= 15 is 0 Å². The van der Waals surface area contributed by atoms with Gasteiger partial charge in [0.05, 0.1) is 11.3 Å². The maximum absolute atomic E-state index is 13.5. The first-order chi connectivity index (χ1) is 11.5. The van der Waals surface area contributed by atoms with E-state index in [0.29, 0.717) is 5.56 Å². The van der Waals surface area contributed by atoms with Gasteiger partial charge in [0.1, 0.15) is 11.8 Å². The van der Waals surface area contributed by atoms with Crippen LogP contribution in [-0.2, 0) is 29.7 Å². The summed E-state index contributed by atoms with van der Waals surface area (Å²) in [7, 11) is -2.12. The summed E-state index contributed by atoms with van der Waals surface area (Å²) in [5, 5.41) is 13.9.